The summed E-state index contributed by atoms with van der Waals surface area (Å²) >= 11 is 0. The fraction of sp³-hybridized carbons (Fsp3) is 0.417. The molecule has 1 aromatic rings. The van der Waals surface area contributed by atoms with Crippen molar-refractivity contribution in [2.24, 2.45) is 10.9 Å². The van der Waals surface area contributed by atoms with Crippen molar-refractivity contribution in [2.75, 3.05) is 0 Å². The van der Waals surface area contributed by atoms with Gasteiger partial charge in [-0.25, -0.2) is 0 Å². The van der Waals surface area contributed by atoms with Gasteiger partial charge in [-0.05, 0) is 24.1 Å². The van der Waals surface area contributed by atoms with Gasteiger partial charge in [0.1, 0.15) is 5.84 Å². The van der Waals surface area contributed by atoms with Crippen LogP contribution in [0.15, 0.2) is 23.4 Å². The van der Waals surface area contributed by atoms with Crippen molar-refractivity contribution in [1.82, 2.24) is 0 Å². The number of fused-ring (bicyclic) bond motifs is 1. The lowest BCUT2D eigenvalue weighted by Gasteiger charge is -2.16. The van der Waals surface area contributed by atoms with Gasteiger partial charge in [0.15, 0.2) is 11.5 Å². The van der Waals surface area contributed by atoms with Crippen LogP contribution in [0.1, 0.15) is 25.8 Å². The minimum atomic E-state index is -0.605. The van der Waals surface area contributed by atoms with Gasteiger partial charge in [0.05, 0.1) is 0 Å². The lowest BCUT2D eigenvalue weighted by Crippen LogP contribution is -2.29. The molecule has 92 valence electrons. The smallest absolute Gasteiger partial charge is 0.246 e. The van der Waals surface area contributed by atoms with E-state index in [1.807, 2.05) is 32.0 Å². The summed E-state index contributed by atoms with van der Waals surface area (Å²) in [6.45, 7) is 3.73. The van der Waals surface area contributed by atoms with Crippen LogP contribution in [-0.4, -0.2) is 16.8 Å². The van der Waals surface area contributed by atoms with Gasteiger partial charge in [-0.15, -0.1) is 0 Å². The highest BCUT2D eigenvalue weighted by atomic mass is 16.7. The molecule has 0 amide bonds. The molecule has 17 heavy (non-hydrogen) atoms. The number of amidine groups is 1. The van der Waals surface area contributed by atoms with E-state index >= 15 is 0 Å². The summed E-state index contributed by atoms with van der Waals surface area (Å²) < 4.78 is 11.2. The molecular formula is C12H16N2O3. The second-order valence-electron chi connectivity index (χ2n) is 4.48. The number of aryl methyl sites for hydroxylation is 1. The van der Waals surface area contributed by atoms with E-state index in [-0.39, 0.29) is 5.84 Å². The monoisotopic (exact) mass is 236 g/mol. The summed E-state index contributed by atoms with van der Waals surface area (Å²) in [5.74, 6) is 1.12. The van der Waals surface area contributed by atoms with E-state index in [9.17, 15) is 0 Å². The summed E-state index contributed by atoms with van der Waals surface area (Å²) in [4.78, 5) is 0. The highest BCUT2D eigenvalue weighted by Gasteiger charge is 2.31. The van der Waals surface area contributed by atoms with E-state index in [0.29, 0.717) is 12.8 Å². The number of nitrogens with two attached hydrogens (primary N) is 1. The maximum atomic E-state index is 8.45. The topological polar surface area (TPSA) is 77.1 Å². The Morgan fingerprint density at radius 1 is 1.35 bits per heavy atom. The van der Waals surface area contributed by atoms with Crippen molar-refractivity contribution in [2.45, 2.75) is 32.5 Å². The molecule has 0 atom stereocenters. The predicted octanol–water partition coefficient (Wildman–Crippen LogP) is 1.87. The Bertz CT molecular complexity index is 455. The fourth-order valence-electron chi connectivity index (χ4n) is 1.74. The van der Waals surface area contributed by atoms with Crippen molar-refractivity contribution in [3.63, 3.8) is 0 Å². The van der Waals surface area contributed by atoms with Crippen LogP contribution in [0.3, 0.4) is 0 Å². The lowest BCUT2D eigenvalue weighted by molar-refractivity contribution is -0.0431. The van der Waals surface area contributed by atoms with Crippen molar-refractivity contribution in [3.05, 3.63) is 23.8 Å². The minimum absolute atomic E-state index is 0.225. The summed E-state index contributed by atoms with van der Waals surface area (Å²) in [6, 6.07) is 5.76. The zero-order valence-corrected chi connectivity index (χ0v) is 9.93. The Kier molecular flexibility index (Phi) is 2.83. The van der Waals surface area contributed by atoms with Gasteiger partial charge in [0, 0.05) is 20.3 Å². The summed E-state index contributed by atoms with van der Waals surface area (Å²) in [6.07, 6.45) is 1.21. The van der Waals surface area contributed by atoms with Crippen LogP contribution in [0.25, 0.3) is 0 Å². The molecule has 1 heterocycles. The van der Waals surface area contributed by atoms with Crippen LogP contribution >= 0.6 is 0 Å². The molecule has 1 aromatic carbocycles. The van der Waals surface area contributed by atoms with Crippen molar-refractivity contribution >= 4 is 5.84 Å². The Balaban J connectivity index is 2.09. The number of benzene rings is 1. The molecule has 0 radical (unpaired) electrons. The van der Waals surface area contributed by atoms with Crippen LogP contribution in [-0.2, 0) is 6.42 Å². The Labute approximate surface area is 99.8 Å². The lowest BCUT2D eigenvalue weighted by atomic mass is 10.1. The number of oxime groups is 1. The van der Waals surface area contributed by atoms with Crippen LogP contribution in [0.5, 0.6) is 11.5 Å². The number of hydrogen-bond acceptors (Lipinski definition) is 4. The second-order valence-corrected chi connectivity index (χ2v) is 4.48. The maximum Gasteiger partial charge on any atom is 0.246 e. The molecule has 0 spiro atoms. The molecule has 0 fully saturated rings. The van der Waals surface area contributed by atoms with Gasteiger partial charge >= 0.3 is 0 Å². The highest BCUT2D eigenvalue weighted by molar-refractivity contribution is 5.79. The normalized spacial score (nSPS) is 17.2. The standard InChI is InChI=1S/C12H16N2O3/c1-12(2)16-9-5-3-8(7-10(9)17-12)4-6-11(13)14-15/h3,5,7,15H,4,6H2,1-2H3,(H2,13,14). The van der Waals surface area contributed by atoms with Gasteiger partial charge in [-0.1, -0.05) is 11.2 Å². The molecule has 0 saturated carbocycles. The molecule has 5 nitrogen and oxygen atoms in total. The molecular weight excluding hydrogens is 220 g/mol. The predicted molar refractivity (Wildman–Crippen MR) is 63.5 cm³/mol. The largest absolute Gasteiger partial charge is 0.449 e. The van der Waals surface area contributed by atoms with Crippen molar-refractivity contribution in [3.8, 4) is 11.5 Å². The van der Waals surface area contributed by atoms with Crippen LogP contribution in [0.2, 0.25) is 0 Å². The van der Waals surface area contributed by atoms with Crippen molar-refractivity contribution in [1.29, 1.82) is 0 Å². The van der Waals surface area contributed by atoms with E-state index in [0.717, 1.165) is 17.1 Å². The average molecular weight is 236 g/mol. The first kappa shape index (κ1) is 11.6. The first-order valence-corrected chi connectivity index (χ1v) is 5.47. The summed E-state index contributed by atoms with van der Waals surface area (Å²) in [7, 11) is 0. The molecule has 0 saturated heterocycles. The quantitative estimate of drug-likeness (QED) is 0.363. The van der Waals surface area contributed by atoms with E-state index < -0.39 is 5.79 Å². The fourth-order valence-corrected chi connectivity index (χ4v) is 1.74. The number of nitrogens with zero attached hydrogens (tertiary/aromatic N) is 1. The molecule has 1 aliphatic heterocycles. The molecule has 0 aliphatic carbocycles. The minimum Gasteiger partial charge on any atom is -0.449 e. The first-order chi connectivity index (χ1) is 8.00. The maximum absolute atomic E-state index is 8.45. The second kappa shape index (κ2) is 4.16. The molecule has 2 rings (SSSR count). The zero-order valence-electron chi connectivity index (χ0n) is 9.93. The molecule has 0 aromatic heterocycles. The Morgan fingerprint density at radius 2 is 2.06 bits per heavy atom. The summed E-state index contributed by atoms with van der Waals surface area (Å²) in [5, 5.41) is 11.4. The van der Waals surface area contributed by atoms with Gasteiger partial charge in [0.25, 0.3) is 0 Å². The SMILES string of the molecule is CC1(C)Oc2ccc(CC/C(N)=N/O)cc2O1. The average Bonchev–Trinajstić information content (AvgIpc) is 2.58. The third kappa shape index (κ3) is 2.61. The van der Waals surface area contributed by atoms with Gasteiger partial charge in [0.2, 0.25) is 5.79 Å². The van der Waals surface area contributed by atoms with Gasteiger partial charge in [-0.2, -0.15) is 0 Å². The number of ether oxygens (including phenoxy) is 2. The Morgan fingerprint density at radius 3 is 2.76 bits per heavy atom. The van der Waals surface area contributed by atoms with Crippen molar-refractivity contribution < 1.29 is 14.7 Å². The molecule has 1 aliphatic rings. The third-order valence-corrected chi connectivity index (χ3v) is 2.52. The van der Waals surface area contributed by atoms with E-state index in [1.54, 1.807) is 0 Å². The van der Waals surface area contributed by atoms with E-state index in [4.69, 9.17) is 20.4 Å². The van der Waals surface area contributed by atoms with Gasteiger partial charge in [-0.3, -0.25) is 0 Å². The van der Waals surface area contributed by atoms with Crippen LogP contribution in [0.4, 0.5) is 0 Å². The molecule has 0 bridgehead atoms. The Hall–Kier alpha value is -1.91. The van der Waals surface area contributed by atoms with Gasteiger partial charge < -0.3 is 20.4 Å². The molecule has 5 heteroatoms. The highest BCUT2D eigenvalue weighted by Crippen LogP contribution is 2.39. The molecule has 3 N–H and O–H groups in total. The zero-order chi connectivity index (χ0) is 12.5. The van der Waals surface area contributed by atoms with E-state index in [2.05, 4.69) is 5.16 Å². The summed E-state index contributed by atoms with van der Waals surface area (Å²) in [5.41, 5.74) is 6.49. The molecule has 0 unspecified atom stereocenters. The first-order valence-electron chi connectivity index (χ1n) is 5.47. The number of rotatable bonds is 3. The van der Waals surface area contributed by atoms with Crippen LogP contribution in [0, 0.1) is 0 Å². The van der Waals surface area contributed by atoms with Crippen LogP contribution < -0.4 is 15.2 Å². The van der Waals surface area contributed by atoms with E-state index in [1.165, 1.54) is 0 Å². The third-order valence-electron chi connectivity index (χ3n) is 2.52. The number of hydrogen-bond donors (Lipinski definition) is 2.